The fourth-order valence-electron chi connectivity index (χ4n) is 5.49. The first kappa shape index (κ1) is 28.6. The Morgan fingerprint density at radius 1 is 0.875 bits per heavy atom. The van der Waals surface area contributed by atoms with Crippen molar-refractivity contribution in [2.45, 2.75) is 39.5 Å². The van der Waals surface area contributed by atoms with Gasteiger partial charge in [0.25, 0.3) is 0 Å². The smallest absolute Gasteiger partial charge is 0.0349 e. The number of allylic oxidation sites excluding steroid dienone is 11. The molecule has 0 saturated heterocycles. The first-order valence-corrected chi connectivity index (χ1v) is 14.1. The normalized spacial score (nSPS) is 15.2. The van der Waals surface area contributed by atoms with Gasteiger partial charge < -0.3 is 5.73 Å². The highest BCUT2D eigenvalue weighted by Gasteiger charge is 2.23. The summed E-state index contributed by atoms with van der Waals surface area (Å²) >= 11 is 0. The molecular formula is C39H41N. The topological polar surface area (TPSA) is 26.0 Å². The van der Waals surface area contributed by atoms with Crippen LogP contribution in [0.25, 0.3) is 11.1 Å². The molecule has 3 aromatic carbocycles. The van der Waals surface area contributed by atoms with Crippen LogP contribution in [0.3, 0.4) is 0 Å². The van der Waals surface area contributed by atoms with Crippen molar-refractivity contribution in [1.82, 2.24) is 0 Å². The van der Waals surface area contributed by atoms with Crippen LogP contribution in [0.2, 0.25) is 0 Å². The Bertz CT molecular complexity index is 1490. The third-order valence-electron chi connectivity index (χ3n) is 7.76. The molecular weight excluding hydrogens is 482 g/mol. The summed E-state index contributed by atoms with van der Waals surface area (Å²) in [5.74, 6) is 0.304. The van der Waals surface area contributed by atoms with Crippen molar-refractivity contribution in [3.63, 3.8) is 0 Å². The van der Waals surface area contributed by atoms with Crippen molar-refractivity contribution in [2.75, 3.05) is 5.73 Å². The van der Waals surface area contributed by atoms with Crippen LogP contribution in [0.4, 0.5) is 5.69 Å². The van der Waals surface area contributed by atoms with Gasteiger partial charge in [-0.1, -0.05) is 123 Å². The molecule has 1 heteroatoms. The number of rotatable bonds is 11. The number of para-hydroxylation sites is 1. The number of nitrogens with two attached hydrogens (primary N) is 1. The molecule has 2 N–H and O–H groups in total. The van der Waals surface area contributed by atoms with Gasteiger partial charge in [0.05, 0.1) is 0 Å². The zero-order chi connectivity index (χ0) is 28.5. The van der Waals surface area contributed by atoms with E-state index in [1.54, 1.807) is 0 Å². The summed E-state index contributed by atoms with van der Waals surface area (Å²) in [7, 11) is 0. The molecule has 0 spiro atoms. The van der Waals surface area contributed by atoms with Crippen molar-refractivity contribution >= 4 is 16.8 Å². The fourth-order valence-corrected chi connectivity index (χ4v) is 5.49. The third kappa shape index (κ3) is 6.98. The van der Waals surface area contributed by atoms with Gasteiger partial charge in [0.15, 0.2) is 0 Å². The maximum atomic E-state index is 6.20. The summed E-state index contributed by atoms with van der Waals surface area (Å²) in [6.45, 7) is 17.6. The van der Waals surface area contributed by atoms with Crippen LogP contribution in [-0.2, 0) is 6.42 Å². The van der Waals surface area contributed by atoms with Crippen LogP contribution in [-0.4, -0.2) is 0 Å². The van der Waals surface area contributed by atoms with Gasteiger partial charge in [-0.25, -0.2) is 0 Å². The van der Waals surface area contributed by atoms with Crippen molar-refractivity contribution in [2.24, 2.45) is 5.92 Å². The molecule has 202 valence electrons. The van der Waals surface area contributed by atoms with E-state index in [0.717, 1.165) is 47.2 Å². The summed E-state index contributed by atoms with van der Waals surface area (Å²) in [4.78, 5) is 0. The molecule has 0 fully saturated rings. The zero-order valence-corrected chi connectivity index (χ0v) is 24.0. The van der Waals surface area contributed by atoms with Crippen LogP contribution in [0, 0.1) is 5.92 Å². The average Bonchev–Trinajstić information content (AvgIpc) is 2.98. The lowest BCUT2D eigenvalue weighted by Crippen LogP contribution is -2.10. The van der Waals surface area contributed by atoms with E-state index in [1.807, 2.05) is 18.2 Å². The second-order valence-corrected chi connectivity index (χ2v) is 10.6. The molecule has 0 radical (unpaired) electrons. The molecule has 0 bridgehead atoms. The Hall–Kier alpha value is -4.36. The van der Waals surface area contributed by atoms with Crippen molar-refractivity contribution in [3.8, 4) is 0 Å². The molecule has 0 amide bonds. The maximum Gasteiger partial charge on any atom is 0.0349 e. The maximum absolute atomic E-state index is 6.20. The second-order valence-electron chi connectivity index (χ2n) is 10.6. The van der Waals surface area contributed by atoms with E-state index < -0.39 is 0 Å². The van der Waals surface area contributed by atoms with E-state index in [1.165, 1.54) is 33.4 Å². The number of hydrogen-bond donors (Lipinski definition) is 1. The highest BCUT2D eigenvalue weighted by atomic mass is 14.6. The molecule has 0 heterocycles. The second kappa shape index (κ2) is 13.6. The number of anilines is 1. The van der Waals surface area contributed by atoms with Gasteiger partial charge in [0.2, 0.25) is 0 Å². The van der Waals surface area contributed by atoms with Gasteiger partial charge in [-0.2, -0.15) is 0 Å². The van der Waals surface area contributed by atoms with Crippen LogP contribution in [0.5, 0.6) is 0 Å². The zero-order valence-electron chi connectivity index (χ0n) is 24.0. The Morgan fingerprint density at radius 2 is 1.50 bits per heavy atom. The van der Waals surface area contributed by atoms with E-state index >= 15 is 0 Å². The van der Waals surface area contributed by atoms with Crippen molar-refractivity contribution in [3.05, 3.63) is 174 Å². The molecule has 1 atom stereocenters. The molecule has 0 saturated carbocycles. The Kier molecular flexibility index (Phi) is 9.76. The Labute approximate surface area is 241 Å². The number of nitrogen functional groups attached to an aromatic ring is 1. The number of hydrogen-bond acceptors (Lipinski definition) is 1. The molecule has 1 nitrogen and oxygen atoms in total. The average molecular weight is 524 g/mol. The van der Waals surface area contributed by atoms with Gasteiger partial charge >= 0.3 is 0 Å². The van der Waals surface area contributed by atoms with Crippen LogP contribution in [0.1, 0.15) is 49.8 Å². The van der Waals surface area contributed by atoms with E-state index in [9.17, 15) is 0 Å². The van der Waals surface area contributed by atoms with Gasteiger partial charge in [-0.15, -0.1) is 0 Å². The van der Waals surface area contributed by atoms with Crippen LogP contribution in [0.15, 0.2) is 157 Å². The molecule has 0 unspecified atom stereocenters. The van der Waals surface area contributed by atoms with E-state index in [-0.39, 0.29) is 0 Å². The van der Waals surface area contributed by atoms with Crippen molar-refractivity contribution in [1.29, 1.82) is 0 Å². The van der Waals surface area contributed by atoms with Gasteiger partial charge in [0, 0.05) is 5.69 Å². The van der Waals surface area contributed by atoms with Crippen molar-refractivity contribution < 1.29 is 0 Å². The molecule has 3 aromatic rings. The summed E-state index contributed by atoms with van der Waals surface area (Å²) in [5.41, 5.74) is 18.9. The molecule has 0 aromatic heterocycles. The molecule has 40 heavy (non-hydrogen) atoms. The summed E-state index contributed by atoms with van der Waals surface area (Å²) in [5, 5.41) is 0. The first-order chi connectivity index (χ1) is 19.4. The molecule has 0 aliphatic heterocycles. The quantitative estimate of drug-likeness (QED) is 0.151. The van der Waals surface area contributed by atoms with Crippen LogP contribution < -0.4 is 5.73 Å². The highest BCUT2D eigenvalue weighted by molar-refractivity contribution is 5.78. The van der Waals surface area contributed by atoms with E-state index in [4.69, 9.17) is 5.73 Å². The van der Waals surface area contributed by atoms with Crippen LogP contribution >= 0.6 is 0 Å². The predicted molar refractivity (Wildman–Crippen MR) is 176 cm³/mol. The Morgan fingerprint density at radius 3 is 2.12 bits per heavy atom. The summed E-state index contributed by atoms with van der Waals surface area (Å²) in [6.07, 6.45) is 12.4. The highest BCUT2D eigenvalue weighted by Crippen LogP contribution is 2.41. The largest absolute Gasteiger partial charge is 0.398 e. The van der Waals surface area contributed by atoms with E-state index in [2.05, 4.69) is 125 Å². The number of benzene rings is 3. The standard InChI is InChI=1S/C39H41N/c1-6-7-16-36(26-29(3)32-17-10-8-11-18-32)39(33-19-12-9-13-20-33)37-24-23-34(27-30(37)4)31(5)28(2)25-35-21-14-15-22-38(35)40/h6-15,17-23,27,36H,2-3,5,16,24-26,40H2,1,4H3/b7-6-,39-37+/t36-/m0/s1. The summed E-state index contributed by atoms with van der Waals surface area (Å²) < 4.78 is 0. The lowest BCUT2D eigenvalue weighted by molar-refractivity contribution is 0.699. The Balaban J connectivity index is 1.67. The lowest BCUT2D eigenvalue weighted by atomic mass is 9.77. The monoisotopic (exact) mass is 523 g/mol. The fraction of sp³-hybridized carbons (Fsp3) is 0.179. The minimum atomic E-state index is 0.304. The molecule has 1 aliphatic rings. The van der Waals surface area contributed by atoms with Gasteiger partial charge in [-0.05, 0) is 107 Å². The lowest BCUT2D eigenvalue weighted by Gasteiger charge is -2.27. The predicted octanol–water partition coefficient (Wildman–Crippen LogP) is 10.3. The third-order valence-corrected chi connectivity index (χ3v) is 7.76. The van der Waals surface area contributed by atoms with E-state index in [0.29, 0.717) is 12.3 Å². The first-order valence-electron chi connectivity index (χ1n) is 14.1. The van der Waals surface area contributed by atoms with Gasteiger partial charge in [-0.3, -0.25) is 0 Å². The summed E-state index contributed by atoms with van der Waals surface area (Å²) in [6, 6.07) is 29.4. The molecule has 4 rings (SSSR count). The SMILES string of the molecule is C=C(Cc1ccccc1N)C(=C)C1=CC/C(=C(/c2ccccc2)[C@@H](C/C=C\C)CC(=C)c2ccccc2)C(C)=C1. The minimum absolute atomic E-state index is 0.304. The molecule has 1 aliphatic carbocycles. The van der Waals surface area contributed by atoms with Gasteiger partial charge in [0.1, 0.15) is 0 Å². The minimum Gasteiger partial charge on any atom is -0.398 e.